The van der Waals surface area contributed by atoms with Gasteiger partial charge in [0.05, 0.1) is 5.56 Å². The van der Waals surface area contributed by atoms with E-state index in [0.29, 0.717) is 11.6 Å². The van der Waals surface area contributed by atoms with E-state index in [-0.39, 0.29) is 12.2 Å². The predicted molar refractivity (Wildman–Crippen MR) is 56.8 cm³/mol. The molecule has 0 amide bonds. The van der Waals surface area contributed by atoms with Gasteiger partial charge in [0.25, 0.3) is 0 Å². The van der Waals surface area contributed by atoms with Crippen molar-refractivity contribution in [3.05, 3.63) is 41.5 Å². The standard InChI is InChI=1S/C11H10N2O4/c1-7-2-3-8(11(14)15)4-9(7)16-5-10-12-6-17-13-10/h2-4,6H,5H2,1H3,(H,14,15). The molecule has 0 aliphatic carbocycles. The van der Waals surface area contributed by atoms with Crippen LogP contribution in [0.15, 0.2) is 29.1 Å². The Morgan fingerprint density at radius 3 is 3.00 bits per heavy atom. The minimum Gasteiger partial charge on any atom is -0.485 e. The second-order valence-corrected chi connectivity index (χ2v) is 3.42. The van der Waals surface area contributed by atoms with E-state index in [2.05, 4.69) is 14.7 Å². The number of ether oxygens (including phenoxy) is 1. The van der Waals surface area contributed by atoms with E-state index in [4.69, 9.17) is 9.84 Å². The predicted octanol–water partition coefficient (Wildman–Crippen LogP) is 1.66. The third-order valence-electron chi connectivity index (χ3n) is 2.20. The van der Waals surface area contributed by atoms with E-state index >= 15 is 0 Å². The molecule has 17 heavy (non-hydrogen) atoms. The zero-order valence-corrected chi connectivity index (χ0v) is 9.08. The first kappa shape index (κ1) is 11.1. The fourth-order valence-corrected chi connectivity index (χ4v) is 1.29. The Kier molecular flexibility index (Phi) is 3.04. The van der Waals surface area contributed by atoms with Crippen molar-refractivity contribution in [1.82, 2.24) is 10.1 Å². The lowest BCUT2D eigenvalue weighted by Gasteiger charge is -2.07. The molecular weight excluding hydrogens is 224 g/mol. The van der Waals surface area contributed by atoms with E-state index in [1.807, 2.05) is 6.92 Å². The van der Waals surface area contributed by atoms with Gasteiger partial charge in [0.15, 0.2) is 6.61 Å². The number of aryl methyl sites for hydroxylation is 1. The van der Waals surface area contributed by atoms with Crippen LogP contribution in [-0.4, -0.2) is 21.2 Å². The third-order valence-corrected chi connectivity index (χ3v) is 2.20. The van der Waals surface area contributed by atoms with Crippen molar-refractivity contribution in [1.29, 1.82) is 0 Å². The molecule has 0 atom stereocenters. The van der Waals surface area contributed by atoms with Gasteiger partial charge >= 0.3 is 5.97 Å². The molecule has 88 valence electrons. The van der Waals surface area contributed by atoms with Crippen LogP contribution >= 0.6 is 0 Å². The van der Waals surface area contributed by atoms with Gasteiger partial charge in [-0.3, -0.25) is 0 Å². The summed E-state index contributed by atoms with van der Waals surface area (Å²) >= 11 is 0. The fourth-order valence-electron chi connectivity index (χ4n) is 1.29. The highest BCUT2D eigenvalue weighted by atomic mass is 16.5. The van der Waals surface area contributed by atoms with Crippen LogP contribution in [0.2, 0.25) is 0 Å². The molecule has 1 aromatic heterocycles. The molecule has 1 N–H and O–H groups in total. The number of nitrogens with zero attached hydrogens (tertiary/aromatic N) is 2. The Labute approximate surface area is 96.8 Å². The third kappa shape index (κ3) is 2.60. The number of aromatic nitrogens is 2. The summed E-state index contributed by atoms with van der Waals surface area (Å²) in [5.74, 6) is -0.0887. The van der Waals surface area contributed by atoms with Crippen LogP contribution in [0.5, 0.6) is 5.75 Å². The summed E-state index contributed by atoms with van der Waals surface area (Å²) < 4.78 is 9.98. The zero-order valence-electron chi connectivity index (χ0n) is 9.08. The first-order valence-corrected chi connectivity index (χ1v) is 4.89. The molecule has 2 rings (SSSR count). The summed E-state index contributed by atoms with van der Waals surface area (Å²) in [5.41, 5.74) is 1.03. The van der Waals surface area contributed by atoms with E-state index in [9.17, 15) is 4.79 Å². The molecule has 0 unspecified atom stereocenters. The summed E-state index contributed by atoms with van der Waals surface area (Å²) in [6.45, 7) is 1.97. The summed E-state index contributed by atoms with van der Waals surface area (Å²) in [4.78, 5) is 14.6. The normalized spacial score (nSPS) is 10.2. The minimum absolute atomic E-state index is 0.139. The van der Waals surface area contributed by atoms with Crippen LogP contribution in [0.25, 0.3) is 0 Å². The molecule has 6 heteroatoms. The van der Waals surface area contributed by atoms with Gasteiger partial charge < -0.3 is 14.4 Å². The Hall–Kier alpha value is -2.37. The van der Waals surface area contributed by atoms with Crippen LogP contribution in [0.1, 0.15) is 21.7 Å². The Morgan fingerprint density at radius 2 is 2.35 bits per heavy atom. The second kappa shape index (κ2) is 4.65. The highest BCUT2D eigenvalue weighted by Gasteiger charge is 2.08. The maximum atomic E-state index is 10.8. The van der Waals surface area contributed by atoms with E-state index in [0.717, 1.165) is 5.56 Å². The summed E-state index contributed by atoms with van der Waals surface area (Å²) in [6, 6.07) is 4.69. The summed E-state index contributed by atoms with van der Waals surface area (Å²) in [5, 5.41) is 12.4. The SMILES string of the molecule is Cc1ccc(C(=O)O)cc1OCc1ncon1. The molecule has 0 fully saturated rings. The molecule has 0 radical (unpaired) electrons. The number of carboxylic acid groups (broad SMARTS) is 1. The number of benzene rings is 1. The highest BCUT2D eigenvalue weighted by molar-refractivity contribution is 5.88. The van der Waals surface area contributed by atoms with Gasteiger partial charge in [-0.1, -0.05) is 11.2 Å². The van der Waals surface area contributed by atoms with Gasteiger partial charge in [-0.25, -0.2) is 4.79 Å². The quantitative estimate of drug-likeness (QED) is 0.865. The number of aromatic carboxylic acids is 1. The van der Waals surface area contributed by atoms with Crippen molar-refractivity contribution in [2.75, 3.05) is 0 Å². The van der Waals surface area contributed by atoms with Gasteiger partial charge in [-0.15, -0.1) is 0 Å². The fraction of sp³-hybridized carbons (Fsp3) is 0.182. The van der Waals surface area contributed by atoms with Crippen LogP contribution in [0, 0.1) is 6.92 Å². The molecule has 0 saturated heterocycles. The number of hydrogen-bond donors (Lipinski definition) is 1. The Balaban J connectivity index is 2.14. The second-order valence-electron chi connectivity index (χ2n) is 3.42. The topological polar surface area (TPSA) is 85.5 Å². The number of hydrogen-bond acceptors (Lipinski definition) is 5. The molecule has 0 spiro atoms. The van der Waals surface area contributed by atoms with Gasteiger partial charge in [-0.2, -0.15) is 4.98 Å². The molecule has 2 aromatic rings. The lowest BCUT2D eigenvalue weighted by atomic mass is 10.1. The van der Waals surface area contributed by atoms with Crippen molar-refractivity contribution in [2.24, 2.45) is 0 Å². The minimum atomic E-state index is -0.991. The summed E-state index contributed by atoms with van der Waals surface area (Å²) in [7, 11) is 0. The molecule has 6 nitrogen and oxygen atoms in total. The van der Waals surface area contributed by atoms with E-state index < -0.39 is 5.97 Å². The van der Waals surface area contributed by atoms with Crippen molar-refractivity contribution < 1.29 is 19.2 Å². The maximum absolute atomic E-state index is 10.8. The largest absolute Gasteiger partial charge is 0.485 e. The molecule has 0 aliphatic rings. The van der Waals surface area contributed by atoms with E-state index in [1.54, 1.807) is 6.07 Å². The molecular formula is C11H10N2O4. The zero-order chi connectivity index (χ0) is 12.3. The first-order chi connectivity index (χ1) is 8.16. The van der Waals surface area contributed by atoms with Crippen molar-refractivity contribution in [2.45, 2.75) is 13.5 Å². The number of carboxylic acids is 1. The highest BCUT2D eigenvalue weighted by Crippen LogP contribution is 2.20. The first-order valence-electron chi connectivity index (χ1n) is 4.89. The molecule has 1 heterocycles. The number of carbonyl (C=O) groups is 1. The van der Waals surface area contributed by atoms with Crippen molar-refractivity contribution in [3.8, 4) is 5.75 Å². The smallest absolute Gasteiger partial charge is 0.335 e. The van der Waals surface area contributed by atoms with Crippen LogP contribution in [0.3, 0.4) is 0 Å². The maximum Gasteiger partial charge on any atom is 0.335 e. The lowest BCUT2D eigenvalue weighted by Crippen LogP contribution is -2.01. The molecule has 1 aromatic carbocycles. The molecule has 0 aliphatic heterocycles. The molecule has 0 bridgehead atoms. The summed E-state index contributed by atoms with van der Waals surface area (Å²) in [6.07, 6.45) is 1.21. The lowest BCUT2D eigenvalue weighted by molar-refractivity contribution is 0.0696. The van der Waals surface area contributed by atoms with Gasteiger partial charge in [0, 0.05) is 0 Å². The Morgan fingerprint density at radius 1 is 1.53 bits per heavy atom. The van der Waals surface area contributed by atoms with Crippen molar-refractivity contribution >= 4 is 5.97 Å². The molecule has 0 saturated carbocycles. The van der Waals surface area contributed by atoms with Crippen LogP contribution < -0.4 is 4.74 Å². The average Bonchev–Trinajstić information content (AvgIpc) is 2.80. The van der Waals surface area contributed by atoms with Gasteiger partial charge in [0.1, 0.15) is 5.75 Å². The van der Waals surface area contributed by atoms with Gasteiger partial charge in [-0.05, 0) is 24.6 Å². The van der Waals surface area contributed by atoms with Crippen LogP contribution in [-0.2, 0) is 6.61 Å². The van der Waals surface area contributed by atoms with E-state index in [1.165, 1.54) is 18.5 Å². The van der Waals surface area contributed by atoms with Crippen LogP contribution in [0.4, 0.5) is 0 Å². The monoisotopic (exact) mass is 234 g/mol. The average molecular weight is 234 g/mol. The Bertz CT molecular complexity index is 522. The van der Waals surface area contributed by atoms with Crippen molar-refractivity contribution in [3.63, 3.8) is 0 Å². The number of rotatable bonds is 4. The van der Waals surface area contributed by atoms with Gasteiger partial charge in [0.2, 0.25) is 12.2 Å².